The largest absolute Gasteiger partial charge is 0.369 e. The van der Waals surface area contributed by atoms with Gasteiger partial charge in [0.25, 0.3) is 5.56 Å². The number of thiazole rings is 1. The monoisotopic (exact) mass is 510 g/mol. The van der Waals surface area contributed by atoms with Gasteiger partial charge in [0.15, 0.2) is 0 Å². The number of benzene rings is 2. The van der Waals surface area contributed by atoms with Gasteiger partial charge in [-0.25, -0.2) is 9.97 Å². The van der Waals surface area contributed by atoms with Crippen molar-refractivity contribution in [2.75, 3.05) is 36.4 Å². The molecule has 1 aliphatic heterocycles. The maximum absolute atomic E-state index is 13.3. The molecule has 0 unspecified atom stereocenters. The van der Waals surface area contributed by atoms with E-state index in [2.05, 4.69) is 63.2 Å². The standard InChI is InChI=1S/C29H30N6OS/c1-19(2)34-9-11-35(12-10-34)23-6-4-5-22(15-23)32-28-16-26-21(17-30-28)13-24(29(36)33(26)3)20-7-8-27-25(14-20)31-18-37-27/h4-8,13-19H,9-12H2,1-3H3,(H,30,32). The molecule has 1 fully saturated rings. The number of hydrogen-bond acceptors (Lipinski definition) is 7. The molecule has 0 amide bonds. The third-order valence-electron chi connectivity index (χ3n) is 7.28. The van der Waals surface area contributed by atoms with Crippen molar-refractivity contribution >= 4 is 49.6 Å². The molecule has 4 heterocycles. The molecule has 7 nitrogen and oxygen atoms in total. The van der Waals surface area contributed by atoms with Crippen molar-refractivity contribution < 1.29 is 0 Å². The summed E-state index contributed by atoms with van der Waals surface area (Å²) in [6, 6.07) is 18.9. The van der Waals surface area contributed by atoms with Crippen LogP contribution in [0.3, 0.4) is 0 Å². The Hall–Kier alpha value is -3.75. The summed E-state index contributed by atoms with van der Waals surface area (Å²) in [5.74, 6) is 0.709. The smallest absolute Gasteiger partial charge is 0.258 e. The number of pyridine rings is 2. The van der Waals surface area contributed by atoms with Crippen LogP contribution in [-0.4, -0.2) is 51.7 Å². The zero-order valence-corrected chi connectivity index (χ0v) is 22.1. The Morgan fingerprint density at radius 2 is 1.81 bits per heavy atom. The van der Waals surface area contributed by atoms with Crippen LogP contribution in [0.1, 0.15) is 13.8 Å². The van der Waals surface area contributed by atoms with Gasteiger partial charge in [-0.05, 0) is 55.8 Å². The second-order valence-corrected chi connectivity index (χ2v) is 10.8. The first-order valence-electron chi connectivity index (χ1n) is 12.7. The van der Waals surface area contributed by atoms with Gasteiger partial charge in [-0.3, -0.25) is 9.69 Å². The number of nitrogens with one attached hydrogen (secondary N) is 1. The van der Waals surface area contributed by atoms with Crippen LogP contribution < -0.4 is 15.8 Å². The van der Waals surface area contributed by atoms with Gasteiger partial charge in [0, 0.05) is 73.9 Å². The lowest BCUT2D eigenvalue weighted by Gasteiger charge is -2.38. The van der Waals surface area contributed by atoms with Crippen molar-refractivity contribution in [3.63, 3.8) is 0 Å². The number of rotatable bonds is 5. The summed E-state index contributed by atoms with van der Waals surface area (Å²) in [6.45, 7) is 8.72. The van der Waals surface area contributed by atoms with E-state index in [1.807, 2.05) is 49.1 Å². The van der Waals surface area contributed by atoms with Gasteiger partial charge in [0.2, 0.25) is 0 Å². The summed E-state index contributed by atoms with van der Waals surface area (Å²) in [7, 11) is 1.82. The summed E-state index contributed by atoms with van der Waals surface area (Å²) in [6.07, 6.45) is 1.83. The average Bonchev–Trinajstić information content (AvgIpc) is 3.39. The van der Waals surface area contributed by atoms with E-state index in [9.17, 15) is 4.79 Å². The molecule has 1 saturated heterocycles. The molecule has 2 aromatic carbocycles. The number of hydrogen-bond donors (Lipinski definition) is 1. The van der Waals surface area contributed by atoms with Crippen LogP contribution in [0.25, 0.3) is 32.2 Å². The number of piperazine rings is 1. The van der Waals surface area contributed by atoms with Gasteiger partial charge in [-0.15, -0.1) is 11.3 Å². The molecule has 0 bridgehead atoms. The van der Waals surface area contributed by atoms with Gasteiger partial charge in [-0.1, -0.05) is 12.1 Å². The fraction of sp³-hybridized carbons (Fsp3) is 0.276. The van der Waals surface area contributed by atoms with Gasteiger partial charge in [0.05, 0.1) is 21.2 Å². The molecule has 6 rings (SSSR count). The van der Waals surface area contributed by atoms with Crippen molar-refractivity contribution in [2.45, 2.75) is 19.9 Å². The Bertz CT molecular complexity index is 1650. The van der Waals surface area contributed by atoms with E-state index in [0.717, 1.165) is 58.5 Å². The lowest BCUT2D eigenvalue weighted by Crippen LogP contribution is -2.48. The first-order chi connectivity index (χ1) is 18.0. The molecule has 1 N–H and O–H groups in total. The topological polar surface area (TPSA) is 66.3 Å². The Morgan fingerprint density at radius 3 is 2.62 bits per heavy atom. The number of aromatic nitrogens is 3. The average molecular weight is 511 g/mol. The Kier molecular flexibility index (Phi) is 6.14. The molecule has 1 aliphatic rings. The quantitative estimate of drug-likeness (QED) is 0.338. The summed E-state index contributed by atoms with van der Waals surface area (Å²) in [5.41, 5.74) is 7.24. The Labute approximate surface area is 220 Å². The number of aryl methyl sites for hydroxylation is 1. The highest BCUT2D eigenvalue weighted by Crippen LogP contribution is 2.28. The number of anilines is 3. The minimum absolute atomic E-state index is 0.0400. The summed E-state index contributed by atoms with van der Waals surface area (Å²) in [4.78, 5) is 27.3. The molecule has 0 spiro atoms. The van der Waals surface area contributed by atoms with E-state index < -0.39 is 0 Å². The SMILES string of the molecule is CC(C)N1CCN(c2cccc(Nc3cc4c(cn3)cc(-c3ccc5scnc5c3)c(=O)n4C)c2)CC1. The maximum Gasteiger partial charge on any atom is 0.258 e. The number of nitrogens with zero attached hydrogens (tertiary/aromatic N) is 5. The fourth-order valence-electron chi connectivity index (χ4n) is 5.09. The normalized spacial score (nSPS) is 14.6. The van der Waals surface area contributed by atoms with Crippen molar-refractivity contribution in [2.24, 2.45) is 7.05 Å². The lowest BCUT2D eigenvalue weighted by atomic mass is 10.0. The van der Waals surface area contributed by atoms with Crippen LogP contribution in [-0.2, 0) is 7.05 Å². The highest BCUT2D eigenvalue weighted by molar-refractivity contribution is 7.16. The molecular weight excluding hydrogens is 480 g/mol. The van der Waals surface area contributed by atoms with Gasteiger partial charge in [-0.2, -0.15) is 0 Å². The van der Waals surface area contributed by atoms with Crippen LogP contribution >= 0.6 is 11.3 Å². The predicted molar refractivity (Wildman–Crippen MR) is 154 cm³/mol. The fourth-order valence-corrected chi connectivity index (χ4v) is 5.75. The molecule has 5 aromatic rings. The van der Waals surface area contributed by atoms with E-state index in [4.69, 9.17) is 0 Å². The first kappa shape index (κ1) is 23.6. The lowest BCUT2D eigenvalue weighted by molar-refractivity contribution is 0.209. The predicted octanol–water partition coefficient (Wildman–Crippen LogP) is 5.48. The van der Waals surface area contributed by atoms with E-state index in [1.54, 1.807) is 15.9 Å². The molecule has 0 atom stereocenters. The number of fused-ring (bicyclic) bond motifs is 2. The first-order valence-corrected chi connectivity index (χ1v) is 13.5. The van der Waals surface area contributed by atoms with E-state index in [-0.39, 0.29) is 5.56 Å². The Balaban J connectivity index is 1.26. The van der Waals surface area contributed by atoms with Crippen LogP contribution in [0.15, 0.2) is 71.1 Å². The minimum atomic E-state index is -0.0400. The second kappa shape index (κ2) is 9.61. The summed E-state index contributed by atoms with van der Waals surface area (Å²) < 4.78 is 2.81. The van der Waals surface area contributed by atoms with Crippen molar-refractivity contribution in [1.29, 1.82) is 0 Å². The van der Waals surface area contributed by atoms with Crippen LogP contribution in [0.4, 0.5) is 17.2 Å². The molecular formula is C29H30N6OS. The highest BCUT2D eigenvalue weighted by atomic mass is 32.1. The van der Waals surface area contributed by atoms with Crippen LogP contribution in [0.5, 0.6) is 0 Å². The molecule has 188 valence electrons. The molecule has 0 aliphatic carbocycles. The van der Waals surface area contributed by atoms with Gasteiger partial charge in [0.1, 0.15) is 5.82 Å². The Morgan fingerprint density at radius 1 is 0.973 bits per heavy atom. The van der Waals surface area contributed by atoms with Crippen LogP contribution in [0.2, 0.25) is 0 Å². The maximum atomic E-state index is 13.3. The van der Waals surface area contributed by atoms with E-state index in [0.29, 0.717) is 17.4 Å². The van der Waals surface area contributed by atoms with Gasteiger partial charge < -0.3 is 14.8 Å². The third kappa shape index (κ3) is 4.58. The molecule has 0 radical (unpaired) electrons. The molecule has 0 saturated carbocycles. The van der Waals surface area contributed by atoms with Crippen molar-refractivity contribution in [1.82, 2.24) is 19.4 Å². The van der Waals surface area contributed by atoms with Crippen LogP contribution in [0, 0.1) is 0 Å². The molecule has 37 heavy (non-hydrogen) atoms. The van der Waals surface area contributed by atoms with Gasteiger partial charge >= 0.3 is 0 Å². The minimum Gasteiger partial charge on any atom is -0.369 e. The zero-order valence-electron chi connectivity index (χ0n) is 21.3. The molecule has 3 aromatic heterocycles. The van der Waals surface area contributed by atoms with Crippen molar-refractivity contribution in [3.8, 4) is 11.1 Å². The molecule has 8 heteroatoms. The van der Waals surface area contributed by atoms with Crippen molar-refractivity contribution in [3.05, 3.63) is 76.7 Å². The van der Waals surface area contributed by atoms with E-state index in [1.165, 1.54) is 5.69 Å². The third-order valence-corrected chi connectivity index (χ3v) is 8.09. The second-order valence-electron chi connectivity index (χ2n) is 9.88. The summed E-state index contributed by atoms with van der Waals surface area (Å²) >= 11 is 1.60. The summed E-state index contributed by atoms with van der Waals surface area (Å²) in [5, 5.41) is 4.36. The highest BCUT2D eigenvalue weighted by Gasteiger charge is 2.19. The zero-order chi connectivity index (χ0) is 25.5. The van der Waals surface area contributed by atoms with E-state index >= 15 is 0 Å².